The van der Waals surface area contributed by atoms with Crippen LogP contribution in [0, 0.1) is 0 Å². The minimum Gasteiger partial charge on any atom is -0.373 e. The number of pyridine rings is 1. The van der Waals surface area contributed by atoms with Crippen LogP contribution in [0.1, 0.15) is 50.3 Å². The number of aliphatic imine (C=N–C) groups is 1. The molecule has 1 aromatic heterocycles. The molecule has 6 nitrogen and oxygen atoms in total. The lowest BCUT2D eigenvalue weighted by molar-refractivity contribution is -0.137. The van der Waals surface area contributed by atoms with Gasteiger partial charge in [-0.25, -0.2) is 4.99 Å². The first-order chi connectivity index (χ1) is 18.6. The Kier molecular flexibility index (Phi) is 7.64. The molecule has 2 aliphatic heterocycles. The van der Waals surface area contributed by atoms with Gasteiger partial charge in [0.1, 0.15) is 12.0 Å². The van der Waals surface area contributed by atoms with E-state index in [-0.39, 0.29) is 24.1 Å². The second-order valence-corrected chi connectivity index (χ2v) is 10.7. The topological polar surface area (TPSA) is 61.8 Å². The number of halogens is 3. The molecule has 2 aliphatic rings. The number of benzene rings is 2. The molecule has 2 N–H and O–H groups in total. The Hall–Kier alpha value is -3.43. The lowest BCUT2D eigenvalue weighted by atomic mass is 10.00. The zero-order valence-corrected chi connectivity index (χ0v) is 22.6. The van der Waals surface area contributed by atoms with Crippen LogP contribution >= 0.6 is 0 Å². The Morgan fingerprint density at radius 2 is 1.77 bits per heavy atom. The van der Waals surface area contributed by atoms with E-state index in [2.05, 4.69) is 60.3 Å². The average Bonchev–Trinajstić information content (AvgIpc) is 2.87. The largest absolute Gasteiger partial charge is 0.418 e. The molecule has 1 unspecified atom stereocenters. The van der Waals surface area contributed by atoms with Crippen LogP contribution in [0.2, 0.25) is 0 Å². The highest BCUT2D eigenvalue weighted by atomic mass is 19.4. The van der Waals surface area contributed by atoms with Gasteiger partial charge in [0.15, 0.2) is 0 Å². The van der Waals surface area contributed by atoms with E-state index in [9.17, 15) is 13.2 Å². The van der Waals surface area contributed by atoms with E-state index < -0.39 is 11.7 Å². The van der Waals surface area contributed by atoms with Gasteiger partial charge in [-0.05, 0) is 61.7 Å². The van der Waals surface area contributed by atoms with Crippen LogP contribution in [-0.2, 0) is 10.9 Å². The maximum absolute atomic E-state index is 13.7. The van der Waals surface area contributed by atoms with Gasteiger partial charge < -0.3 is 15.4 Å². The Labute approximate surface area is 227 Å². The third kappa shape index (κ3) is 6.25. The molecule has 2 aromatic carbocycles. The summed E-state index contributed by atoms with van der Waals surface area (Å²) in [6, 6.07) is 15.8. The number of nitrogens with zero attached hydrogens (tertiary/aromatic N) is 3. The number of amidine groups is 1. The Morgan fingerprint density at radius 3 is 2.44 bits per heavy atom. The fourth-order valence-corrected chi connectivity index (χ4v) is 5.27. The second-order valence-electron chi connectivity index (χ2n) is 10.7. The summed E-state index contributed by atoms with van der Waals surface area (Å²) >= 11 is 0. The fraction of sp³-hybridized carbons (Fsp3) is 0.400. The van der Waals surface area contributed by atoms with Crippen molar-refractivity contribution in [1.29, 1.82) is 0 Å². The molecule has 0 spiro atoms. The van der Waals surface area contributed by atoms with Crippen molar-refractivity contribution in [3.05, 3.63) is 77.5 Å². The standard InChI is InChI=1S/C30H34F3N5O/c1-18(2)21-7-10-23(11-8-21)35-29-24-12-9-22(28-25(30(31,32)33)6-5-13-34-28)14-26(24)36-27(37-29)17-38-15-19(3)39-20(4)16-38/h5-14,18-20,27,36H,15-17H2,1-4H3,(H,35,37)/t19-,20+,27?. The second kappa shape index (κ2) is 11.0. The maximum Gasteiger partial charge on any atom is 0.418 e. The van der Waals surface area contributed by atoms with Gasteiger partial charge >= 0.3 is 6.18 Å². The van der Waals surface area contributed by atoms with Crippen molar-refractivity contribution in [2.45, 2.75) is 58.2 Å². The number of anilines is 2. The van der Waals surface area contributed by atoms with E-state index in [0.29, 0.717) is 29.5 Å². The van der Waals surface area contributed by atoms with Crippen LogP contribution in [-0.4, -0.2) is 53.7 Å². The molecule has 3 aromatic rings. The number of morpholine rings is 1. The zero-order valence-electron chi connectivity index (χ0n) is 22.6. The van der Waals surface area contributed by atoms with Crippen LogP contribution in [0.5, 0.6) is 0 Å². The summed E-state index contributed by atoms with van der Waals surface area (Å²) in [7, 11) is 0. The Balaban J connectivity index is 1.49. The summed E-state index contributed by atoms with van der Waals surface area (Å²) in [4.78, 5) is 11.4. The summed E-state index contributed by atoms with van der Waals surface area (Å²) in [5, 5.41) is 6.92. The molecule has 1 fully saturated rings. The Bertz CT molecular complexity index is 1330. The number of hydrogen-bond donors (Lipinski definition) is 2. The first kappa shape index (κ1) is 27.1. The summed E-state index contributed by atoms with van der Waals surface area (Å²) in [5.41, 5.74) is 3.17. The highest BCUT2D eigenvalue weighted by molar-refractivity contribution is 6.13. The third-order valence-electron chi connectivity index (χ3n) is 7.03. The molecule has 0 amide bonds. The highest BCUT2D eigenvalue weighted by Gasteiger charge is 2.35. The van der Waals surface area contributed by atoms with Crippen molar-refractivity contribution in [2.24, 2.45) is 4.99 Å². The lowest BCUT2D eigenvalue weighted by Gasteiger charge is -2.37. The summed E-state index contributed by atoms with van der Waals surface area (Å²) in [6.07, 6.45) is -3.19. The van der Waals surface area contributed by atoms with Gasteiger partial charge in [-0.2, -0.15) is 13.2 Å². The smallest absolute Gasteiger partial charge is 0.373 e. The van der Waals surface area contributed by atoms with Gasteiger partial charge in [-0.3, -0.25) is 9.88 Å². The first-order valence-electron chi connectivity index (χ1n) is 13.3. The van der Waals surface area contributed by atoms with E-state index >= 15 is 0 Å². The first-order valence-corrected chi connectivity index (χ1v) is 13.3. The molecule has 0 saturated carbocycles. The summed E-state index contributed by atoms with van der Waals surface area (Å²) in [6.45, 7) is 10.6. The maximum atomic E-state index is 13.7. The predicted molar refractivity (Wildman–Crippen MR) is 149 cm³/mol. The van der Waals surface area contributed by atoms with E-state index in [0.717, 1.165) is 30.4 Å². The van der Waals surface area contributed by atoms with Crippen molar-refractivity contribution in [1.82, 2.24) is 9.88 Å². The fourth-order valence-electron chi connectivity index (χ4n) is 5.27. The summed E-state index contributed by atoms with van der Waals surface area (Å²) in [5.74, 6) is 1.09. The van der Waals surface area contributed by atoms with Crippen molar-refractivity contribution in [2.75, 3.05) is 30.3 Å². The molecule has 3 atom stereocenters. The van der Waals surface area contributed by atoms with Crippen LogP contribution < -0.4 is 10.6 Å². The quantitative estimate of drug-likeness (QED) is 0.384. The minimum atomic E-state index is -4.50. The lowest BCUT2D eigenvalue weighted by Crippen LogP contribution is -2.49. The van der Waals surface area contributed by atoms with Crippen LogP contribution in [0.25, 0.3) is 11.3 Å². The Morgan fingerprint density at radius 1 is 1.05 bits per heavy atom. The molecule has 9 heteroatoms. The zero-order chi connectivity index (χ0) is 27.7. The number of nitrogens with one attached hydrogen (secondary N) is 2. The molecule has 1 saturated heterocycles. The minimum absolute atomic E-state index is 0.0942. The van der Waals surface area contributed by atoms with Gasteiger partial charge in [0.25, 0.3) is 0 Å². The molecule has 3 heterocycles. The number of ether oxygens (including phenoxy) is 1. The van der Waals surface area contributed by atoms with Gasteiger partial charge in [0.2, 0.25) is 0 Å². The molecular formula is C30H34F3N5O. The number of aromatic nitrogens is 1. The third-order valence-corrected chi connectivity index (χ3v) is 7.03. The van der Waals surface area contributed by atoms with Gasteiger partial charge in [0, 0.05) is 48.3 Å². The monoisotopic (exact) mass is 537 g/mol. The van der Waals surface area contributed by atoms with Gasteiger partial charge in [-0.15, -0.1) is 0 Å². The number of alkyl halides is 3. The van der Waals surface area contributed by atoms with Crippen LogP contribution in [0.15, 0.2) is 65.8 Å². The van der Waals surface area contributed by atoms with Crippen LogP contribution in [0.4, 0.5) is 24.5 Å². The molecule has 39 heavy (non-hydrogen) atoms. The van der Waals surface area contributed by atoms with E-state index in [1.54, 1.807) is 18.2 Å². The predicted octanol–water partition coefficient (Wildman–Crippen LogP) is 6.61. The van der Waals surface area contributed by atoms with Crippen LogP contribution in [0.3, 0.4) is 0 Å². The van der Waals surface area contributed by atoms with E-state index in [4.69, 9.17) is 9.73 Å². The van der Waals surface area contributed by atoms with E-state index in [1.165, 1.54) is 17.8 Å². The van der Waals surface area contributed by atoms with Gasteiger partial charge in [-0.1, -0.05) is 32.0 Å². The summed E-state index contributed by atoms with van der Waals surface area (Å²) < 4.78 is 47.1. The van der Waals surface area contributed by atoms with Crippen molar-refractivity contribution in [3.63, 3.8) is 0 Å². The molecule has 0 bridgehead atoms. The van der Waals surface area contributed by atoms with Crippen molar-refractivity contribution >= 4 is 17.2 Å². The number of fused-ring (bicyclic) bond motifs is 1. The SMILES string of the molecule is CC(C)c1ccc(NC2=NC(CN3C[C@@H](C)O[C@@H](C)C3)Nc3cc(-c4ncccc4C(F)(F)F)ccc32)cc1. The highest BCUT2D eigenvalue weighted by Crippen LogP contribution is 2.37. The molecular weight excluding hydrogens is 503 g/mol. The normalized spacial score (nSPS) is 21.7. The van der Waals surface area contributed by atoms with Crippen molar-refractivity contribution < 1.29 is 17.9 Å². The number of rotatable bonds is 5. The molecule has 5 rings (SSSR count). The van der Waals surface area contributed by atoms with Crippen molar-refractivity contribution in [3.8, 4) is 11.3 Å². The van der Waals surface area contributed by atoms with E-state index in [1.807, 2.05) is 12.1 Å². The average molecular weight is 538 g/mol. The molecule has 206 valence electrons. The van der Waals surface area contributed by atoms with Gasteiger partial charge in [0.05, 0.1) is 23.5 Å². The molecule has 0 aliphatic carbocycles. The number of hydrogen-bond acceptors (Lipinski definition) is 6. The molecule has 0 radical (unpaired) electrons.